The van der Waals surface area contributed by atoms with E-state index in [1.54, 1.807) is 9.42 Å². The minimum Gasteiger partial charge on any atom is -0.353 e. The van der Waals surface area contributed by atoms with Crippen LogP contribution in [0, 0.1) is 12.8 Å². The molecule has 1 fully saturated rings. The van der Waals surface area contributed by atoms with Crippen molar-refractivity contribution < 1.29 is 9.59 Å². The number of aryl methyl sites for hydroxylation is 1. The lowest BCUT2D eigenvalue weighted by molar-refractivity contribution is -0.133. The van der Waals surface area contributed by atoms with E-state index in [4.69, 9.17) is 5.73 Å². The fourth-order valence-corrected chi connectivity index (χ4v) is 3.02. The molecule has 10 nitrogen and oxygen atoms in total. The Labute approximate surface area is 157 Å². The molecule has 0 aliphatic carbocycles. The van der Waals surface area contributed by atoms with Crippen LogP contribution >= 0.6 is 0 Å². The highest BCUT2D eigenvalue weighted by Crippen LogP contribution is 2.17. The van der Waals surface area contributed by atoms with Crippen molar-refractivity contribution in [1.82, 2.24) is 29.8 Å². The number of fused-ring (bicyclic) bond motifs is 1. The lowest BCUT2D eigenvalue weighted by atomic mass is 10.1. The van der Waals surface area contributed by atoms with Crippen LogP contribution < -0.4 is 16.0 Å². The number of amides is 2. The molecule has 0 bridgehead atoms. The van der Waals surface area contributed by atoms with Crippen LogP contribution in [0.25, 0.3) is 5.78 Å². The molecule has 0 aromatic carbocycles. The summed E-state index contributed by atoms with van der Waals surface area (Å²) < 4.78 is 1.71. The van der Waals surface area contributed by atoms with E-state index in [0.29, 0.717) is 32.0 Å². The summed E-state index contributed by atoms with van der Waals surface area (Å²) in [5.41, 5.74) is 6.66. The van der Waals surface area contributed by atoms with Gasteiger partial charge in [0.1, 0.15) is 12.1 Å². The Kier molecular flexibility index (Phi) is 5.54. The molecule has 1 aliphatic heterocycles. The number of nitrogens with two attached hydrogens (primary N) is 1. The molecule has 0 spiro atoms. The Balaban J connectivity index is 1.56. The monoisotopic (exact) mass is 374 g/mol. The van der Waals surface area contributed by atoms with Crippen molar-refractivity contribution in [2.24, 2.45) is 11.7 Å². The summed E-state index contributed by atoms with van der Waals surface area (Å²) in [5.74, 6) is 1.11. The van der Waals surface area contributed by atoms with Crippen LogP contribution in [0.2, 0.25) is 0 Å². The van der Waals surface area contributed by atoms with Crippen LogP contribution in [-0.2, 0) is 9.59 Å². The van der Waals surface area contributed by atoms with Gasteiger partial charge in [0.05, 0.1) is 12.6 Å². The van der Waals surface area contributed by atoms with Crippen molar-refractivity contribution in [2.45, 2.75) is 26.8 Å². The molecule has 3 N–H and O–H groups in total. The Morgan fingerprint density at radius 2 is 1.96 bits per heavy atom. The molecule has 0 unspecified atom stereocenters. The normalized spacial score (nSPS) is 16.0. The van der Waals surface area contributed by atoms with Crippen LogP contribution in [0.1, 0.15) is 19.5 Å². The highest BCUT2D eigenvalue weighted by Gasteiger charge is 2.24. The Morgan fingerprint density at radius 3 is 2.63 bits per heavy atom. The molecule has 10 heteroatoms. The third-order valence-electron chi connectivity index (χ3n) is 4.75. The summed E-state index contributed by atoms with van der Waals surface area (Å²) in [4.78, 5) is 36.7. The molecule has 2 aromatic rings. The molecule has 0 radical (unpaired) electrons. The van der Waals surface area contributed by atoms with E-state index in [-0.39, 0.29) is 24.3 Å². The van der Waals surface area contributed by atoms with Gasteiger partial charge in [-0.25, -0.2) is 4.98 Å². The van der Waals surface area contributed by atoms with Crippen LogP contribution in [0.4, 0.5) is 5.82 Å². The maximum absolute atomic E-state index is 12.4. The van der Waals surface area contributed by atoms with E-state index in [9.17, 15) is 9.59 Å². The second-order valence-electron chi connectivity index (χ2n) is 7.08. The van der Waals surface area contributed by atoms with Gasteiger partial charge < -0.3 is 20.9 Å². The number of nitrogens with one attached hydrogen (secondary N) is 1. The molecule has 2 aromatic heterocycles. The average molecular weight is 374 g/mol. The highest BCUT2D eigenvalue weighted by atomic mass is 16.2. The van der Waals surface area contributed by atoms with E-state index < -0.39 is 6.04 Å². The Hall–Kier alpha value is -2.75. The predicted molar refractivity (Wildman–Crippen MR) is 100 cm³/mol. The van der Waals surface area contributed by atoms with E-state index in [1.165, 1.54) is 6.33 Å². The fraction of sp³-hybridized carbons (Fsp3) is 0.588. The number of carbonyl (C=O) groups excluding carboxylic acids is 2. The zero-order valence-electron chi connectivity index (χ0n) is 15.9. The van der Waals surface area contributed by atoms with Crippen molar-refractivity contribution in [1.29, 1.82) is 0 Å². The SMILES string of the molecule is Cc1cc(N2CCN(C(=O)CNC(=O)[C@@H](N)C(C)C)CC2)n2ncnc2n1. The second-order valence-corrected chi connectivity index (χ2v) is 7.08. The topological polar surface area (TPSA) is 122 Å². The van der Waals surface area contributed by atoms with Crippen LogP contribution in [0.15, 0.2) is 12.4 Å². The zero-order chi connectivity index (χ0) is 19.6. The number of hydrogen-bond donors (Lipinski definition) is 2. The number of hydrogen-bond acceptors (Lipinski definition) is 7. The number of carbonyl (C=O) groups is 2. The fourth-order valence-electron chi connectivity index (χ4n) is 3.02. The lowest BCUT2D eigenvalue weighted by Crippen LogP contribution is -2.53. The summed E-state index contributed by atoms with van der Waals surface area (Å²) in [6, 6.07) is 1.36. The Bertz CT molecular complexity index is 825. The molecular formula is C17H26N8O2. The number of nitrogens with zero attached hydrogens (tertiary/aromatic N) is 6. The number of rotatable bonds is 5. The minimum absolute atomic E-state index is 0.0268. The van der Waals surface area contributed by atoms with Gasteiger partial charge in [0, 0.05) is 37.9 Å². The third-order valence-corrected chi connectivity index (χ3v) is 4.75. The van der Waals surface area contributed by atoms with Crippen molar-refractivity contribution in [3.05, 3.63) is 18.1 Å². The van der Waals surface area contributed by atoms with Crippen molar-refractivity contribution in [3.63, 3.8) is 0 Å². The van der Waals surface area contributed by atoms with Gasteiger partial charge in [-0.05, 0) is 12.8 Å². The maximum Gasteiger partial charge on any atom is 0.254 e. The maximum atomic E-state index is 12.4. The van der Waals surface area contributed by atoms with Gasteiger partial charge in [-0.2, -0.15) is 14.6 Å². The molecule has 3 heterocycles. The standard InChI is InChI=1S/C17H26N8O2/c1-11(2)15(18)16(27)19-9-14(26)24-6-4-23(5-7-24)13-8-12(3)22-17-20-10-21-25(13)17/h8,10-11,15H,4-7,9,18H2,1-3H3,(H,19,27)/t15-/m0/s1. The van der Waals surface area contributed by atoms with Gasteiger partial charge in [0.2, 0.25) is 11.8 Å². The molecule has 1 saturated heterocycles. The molecule has 2 amide bonds. The molecule has 27 heavy (non-hydrogen) atoms. The molecule has 1 atom stereocenters. The van der Waals surface area contributed by atoms with Crippen LogP contribution in [0.5, 0.6) is 0 Å². The molecule has 146 valence electrons. The first kappa shape index (κ1) is 19.0. The molecule has 3 rings (SSSR count). The number of aromatic nitrogens is 4. The lowest BCUT2D eigenvalue weighted by Gasteiger charge is -2.36. The highest BCUT2D eigenvalue weighted by molar-refractivity contribution is 5.87. The van der Waals surface area contributed by atoms with Crippen LogP contribution in [0.3, 0.4) is 0 Å². The molecule has 0 saturated carbocycles. The van der Waals surface area contributed by atoms with Gasteiger partial charge in [-0.3, -0.25) is 9.59 Å². The second kappa shape index (κ2) is 7.87. The average Bonchev–Trinajstić information content (AvgIpc) is 3.12. The van der Waals surface area contributed by atoms with Crippen molar-refractivity contribution in [2.75, 3.05) is 37.6 Å². The quantitative estimate of drug-likeness (QED) is 0.701. The summed E-state index contributed by atoms with van der Waals surface area (Å²) in [6.07, 6.45) is 1.48. The van der Waals surface area contributed by atoms with E-state index in [1.807, 2.05) is 26.8 Å². The van der Waals surface area contributed by atoms with Gasteiger partial charge in [-0.15, -0.1) is 0 Å². The predicted octanol–water partition coefficient (Wildman–Crippen LogP) is -0.819. The number of anilines is 1. The first-order valence-corrected chi connectivity index (χ1v) is 9.10. The molecule has 1 aliphatic rings. The summed E-state index contributed by atoms with van der Waals surface area (Å²) in [7, 11) is 0. The minimum atomic E-state index is -0.602. The number of piperazine rings is 1. The Morgan fingerprint density at radius 1 is 1.26 bits per heavy atom. The smallest absolute Gasteiger partial charge is 0.254 e. The summed E-state index contributed by atoms with van der Waals surface area (Å²) >= 11 is 0. The summed E-state index contributed by atoms with van der Waals surface area (Å²) in [5, 5.41) is 6.86. The first-order chi connectivity index (χ1) is 12.9. The largest absolute Gasteiger partial charge is 0.353 e. The van der Waals surface area contributed by atoms with Gasteiger partial charge in [-0.1, -0.05) is 13.8 Å². The van der Waals surface area contributed by atoms with Gasteiger partial charge in [0.25, 0.3) is 5.78 Å². The first-order valence-electron chi connectivity index (χ1n) is 9.10. The van der Waals surface area contributed by atoms with Gasteiger partial charge >= 0.3 is 0 Å². The van der Waals surface area contributed by atoms with Crippen molar-refractivity contribution >= 4 is 23.4 Å². The zero-order valence-corrected chi connectivity index (χ0v) is 15.9. The van der Waals surface area contributed by atoms with E-state index in [2.05, 4.69) is 25.3 Å². The van der Waals surface area contributed by atoms with E-state index >= 15 is 0 Å². The van der Waals surface area contributed by atoms with Crippen LogP contribution in [-0.4, -0.2) is 75.1 Å². The van der Waals surface area contributed by atoms with Crippen molar-refractivity contribution in [3.8, 4) is 0 Å². The summed E-state index contributed by atoms with van der Waals surface area (Å²) in [6.45, 7) is 8.12. The van der Waals surface area contributed by atoms with Gasteiger partial charge in [0.15, 0.2) is 0 Å². The third kappa shape index (κ3) is 4.16. The van der Waals surface area contributed by atoms with E-state index in [0.717, 1.165) is 11.5 Å². The molecular weight excluding hydrogens is 348 g/mol.